The maximum Gasteiger partial charge on any atom is 0.338 e. The molecule has 0 bridgehead atoms. The van der Waals surface area contributed by atoms with Gasteiger partial charge in [0.05, 0.1) is 12.7 Å². The Kier molecular flexibility index (Phi) is 6.12. The van der Waals surface area contributed by atoms with Gasteiger partial charge < -0.3 is 14.4 Å². The van der Waals surface area contributed by atoms with E-state index in [-0.39, 0.29) is 24.5 Å². The highest BCUT2D eigenvalue weighted by molar-refractivity contribution is 5.90. The Morgan fingerprint density at radius 1 is 1.32 bits per heavy atom. The van der Waals surface area contributed by atoms with Crippen molar-refractivity contribution in [2.24, 2.45) is 0 Å². The van der Waals surface area contributed by atoms with Crippen LogP contribution in [-0.4, -0.2) is 44.2 Å². The van der Waals surface area contributed by atoms with Gasteiger partial charge in [-0.3, -0.25) is 0 Å². The average molecular weight is 286 g/mol. The lowest BCUT2D eigenvalue weighted by Crippen LogP contribution is -2.35. The molecule has 106 valence electrons. The van der Waals surface area contributed by atoms with Gasteiger partial charge in [-0.05, 0) is 38.1 Å². The second-order valence-corrected chi connectivity index (χ2v) is 4.64. The van der Waals surface area contributed by atoms with Gasteiger partial charge in [-0.15, -0.1) is 12.4 Å². The van der Waals surface area contributed by atoms with Gasteiger partial charge in [-0.2, -0.15) is 0 Å². The quantitative estimate of drug-likeness (QED) is 0.799. The van der Waals surface area contributed by atoms with Gasteiger partial charge in [0.25, 0.3) is 0 Å². The zero-order chi connectivity index (χ0) is 13.0. The smallest absolute Gasteiger partial charge is 0.338 e. The van der Waals surface area contributed by atoms with Crippen molar-refractivity contribution in [2.75, 3.05) is 27.2 Å². The third kappa shape index (κ3) is 4.40. The summed E-state index contributed by atoms with van der Waals surface area (Å²) in [5.41, 5.74) is 0.549. The van der Waals surface area contributed by atoms with Crippen LogP contribution in [-0.2, 0) is 4.74 Å². The lowest BCUT2D eigenvalue weighted by molar-refractivity contribution is 0.0139. The van der Waals surface area contributed by atoms with E-state index in [2.05, 4.69) is 11.9 Å². The van der Waals surface area contributed by atoms with E-state index in [0.717, 1.165) is 25.9 Å². The number of hydrogen-bond donors (Lipinski definition) is 0. The molecular formula is C14H20ClNO3. The molecule has 19 heavy (non-hydrogen) atoms. The van der Waals surface area contributed by atoms with E-state index in [1.807, 2.05) is 6.07 Å². The molecule has 1 heterocycles. The number of ether oxygens (including phenoxy) is 2. The van der Waals surface area contributed by atoms with Gasteiger partial charge in [0.15, 0.2) is 0 Å². The number of esters is 1. The molecule has 1 saturated heterocycles. The molecule has 5 heteroatoms. The van der Waals surface area contributed by atoms with E-state index in [9.17, 15) is 4.79 Å². The van der Waals surface area contributed by atoms with Crippen LogP contribution in [0.3, 0.4) is 0 Å². The van der Waals surface area contributed by atoms with Crippen molar-refractivity contribution in [1.29, 1.82) is 0 Å². The van der Waals surface area contributed by atoms with Gasteiger partial charge in [0, 0.05) is 13.1 Å². The summed E-state index contributed by atoms with van der Waals surface area (Å²) in [6.45, 7) is 1.96. The van der Waals surface area contributed by atoms with Crippen LogP contribution < -0.4 is 4.74 Å². The third-order valence-electron chi connectivity index (χ3n) is 3.24. The SMILES string of the molecule is COc1cccc(C(=O)OC2CCN(C)CC2)c1.Cl. The molecule has 0 unspecified atom stereocenters. The maximum atomic E-state index is 12.0. The van der Waals surface area contributed by atoms with E-state index in [0.29, 0.717) is 11.3 Å². The molecule has 0 saturated carbocycles. The second kappa shape index (κ2) is 7.36. The van der Waals surface area contributed by atoms with Gasteiger partial charge in [0.2, 0.25) is 0 Å². The van der Waals surface area contributed by atoms with E-state index in [4.69, 9.17) is 9.47 Å². The summed E-state index contributed by atoms with van der Waals surface area (Å²) in [5.74, 6) is 0.413. The van der Waals surface area contributed by atoms with Crippen molar-refractivity contribution in [3.63, 3.8) is 0 Å². The monoisotopic (exact) mass is 285 g/mol. The number of halogens is 1. The molecule has 0 radical (unpaired) electrons. The largest absolute Gasteiger partial charge is 0.497 e. The van der Waals surface area contributed by atoms with E-state index in [1.165, 1.54) is 0 Å². The van der Waals surface area contributed by atoms with Crippen LogP contribution in [0.5, 0.6) is 5.75 Å². The molecule has 0 spiro atoms. The highest BCUT2D eigenvalue weighted by Gasteiger charge is 2.21. The Balaban J connectivity index is 0.00000180. The van der Waals surface area contributed by atoms with Crippen LogP contribution in [0.25, 0.3) is 0 Å². The fraction of sp³-hybridized carbons (Fsp3) is 0.500. The average Bonchev–Trinajstić information content (AvgIpc) is 2.41. The highest BCUT2D eigenvalue weighted by Crippen LogP contribution is 2.17. The number of carbonyl (C=O) groups is 1. The molecule has 0 aliphatic carbocycles. The number of benzene rings is 1. The molecule has 0 N–H and O–H groups in total. The fourth-order valence-corrected chi connectivity index (χ4v) is 2.07. The van der Waals surface area contributed by atoms with Crippen LogP contribution in [0.2, 0.25) is 0 Å². The summed E-state index contributed by atoms with van der Waals surface area (Å²) in [4.78, 5) is 14.2. The molecule has 1 aliphatic rings. The molecule has 2 rings (SSSR count). The van der Waals surface area contributed by atoms with Crippen LogP contribution >= 0.6 is 12.4 Å². The Hall–Kier alpha value is -1.26. The standard InChI is InChI=1S/C14H19NO3.ClH/c1-15-8-6-12(7-9-15)18-14(16)11-4-3-5-13(10-11)17-2;/h3-5,10,12H,6-9H2,1-2H3;1H. The Bertz CT molecular complexity index is 417. The molecule has 0 atom stereocenters. The first-order valence-corrected chi connectivity index (χ1v) is 6.22. The number of likely N-dealkylation sites (tertiary alicyclic amines) is 1. The van der Waals surface area contributed by atoms with Crippen molar-refractivity contribution in [2.45, 2.75) is 18.9 Å². The van der Waals surface area contributed by atoms with Crippen LogP contribution in [0, 0.1) is 0 Å². The minimum Gasteiger partial charge on any atom is -0.497 e. The number of hydrogen-bond acceptors (Lipinski definition) is 4. The topological polar surface area (TPSA) is 38.8 Å². The van der Waals surface area contributed by atoms with Crippen LogP contribution in [0.1, 0.15) is 23.2 Å². The number of carbonyl (C=O) groups excluding carboxylic acids is 1. The van der Waals surface area contributed by atoms with Crippen molar-refractivity contribution < 1.29 is 14.3 Å². The zero-order valence-electron chi connectivity index (χ0n) is 11.3. The number of methoxy groups -OCH3 is 1. The summed E-state index contributed by atoms with van der Waals surface area (Å²) < 4.78 is 10.6. The van der Waals surface area contributed by atoms with Gasteiger partial charge in [0.1, 0.15) is 11.9 Å². The second-order valence-electron chi connectivity index (χ2n) is 4.64. The fourth-order valence-electron chi connectivity index (χ4n) is 2.07. The maximum absolute atomic E-state index is 12.0. The van der Waals surface area contributed by atoms with E-state index in [1.54, 1.807) is 25.3 Å². The van der Waals surface area contributed by atoms with Crippen molar-refractivity contribution >= 4 is 18.4 Å². The van der Waals surface area contributed by atoms with Crippen molar-refractivity contribution in [3.8, 4) is 5.75 Å². The minimum absolute atomic E-state index is 0. The highest BCUT2D eigenvalue weighted by atomic mass is 35.5. The molecule has 1 aliphatic heterocycles. The van der Waals surface area contributed by atoms with Gasteiger partial charge in [-0.1, -0.05) is 6.07 Å². The van der Waals surface area contributed by atoms with E-state index >= 15 is 0 Å². The first kappa shape index (κ1) is 15.8. The Morgan fingerprint density at radius 2 is 2.00 bits per heavy atom. The number of piperidine rings is 1. The summed E-state index contributed by atoms with van der Waals surface area (Å²) >= 11 is 0. The van der Waals surface area contributed by atoms with Gasteiger partial charge >= 0.3 is 5.97 Å². The summed E-state index contributed by atoms with van der Waals surface area (Å²) in [7, 11) is 3.67. The lowest BCUT2D eigenvalue weighted by atomic mass is 10.1. The van der Waals surface area contributed by atoms with Gasteiger partial charge in [-0.25, -0.2) is 4.79 Å². The van der Waals surface area contributed by atoms with E-state index < -0.39 is 0 Å². The lowest BCUT2D eigenvalue weighted by Gasteiger charge is -2.28. The number of nitrogens with zero attached hydrogens (tertiary/aromatic N) is 1. The Morgan fingerprint density at radius 3 is 2.63 bits per heavy atom. The Labute approximate surface area is 120 Å². The predicted octanol–water partition coefficient (Wildman–Crippen LogP) is 2.37. The predicted molar refractivity (Wildman–Crippen MR) is 76.2 cm³/mol. The zero-order valence-corrected chi connectivity index (χ0v) is 12.1. The van der Waals surface area contributed by atoms with Crippen molar-refractivity contribution in [3.05, 3.63) is 29.8 Å². The first-order valence-electron chi connectivity index (χ1n) is 6.22. The molecular weight excluding hydrogens is 266 g/mol. The van der Waals surface area contributed by atoms with Crippen molar-refractivity contribution in [1.82, 2.24) is 4.90 Å². The van der Waals surface area contributed by atoms with Crippen LogP contribution in [0.15, 0.2) is 24.3 Å². The minimum atomic E-state index is -0.261. The summed E-state index contributed by atoms with van der Waals surface area (Å²) in [6, 6.07) is 7.06. The molecule has 1 fully saturated rings. The summed E-state index contributed by atoms with van der Waals surface area (Å²) in [5, 5.41) is 0. The molecule has 1 aromatic rings. The normalized spacial score (nSPS) is 16.5. The molecule has 4 nitrogen and oxygen atoms in total. The molecule has 0 aromatic heterocycles. The first-order chi connectivity index (χ1) is 8.69. The third-order valence-corrected chi connectivity index (χ3v) is 3.24. The molecule has 1 aromatic carbocycles. The number of rotatable bonds is 3. The van der Waals surface area contributed by atoms with Crippen LogP contribution in [0.4, 0.5) is 0 Å². The summed E-state index contributed by atoms with van der Waals surface area (Å²) in [6.07, 6.45) is 1.86. The molecule has 0 amide bonds.